The quantitative estimate of drug-likeness (QED) is 0.824. The van der Waals surface area contributed by atoms with Crippen LogP contribution in [-0.4, -0.2) is 16.0 Å². The number of benzene rings is 1. The second kappa shape index (κ2) is 5.10. The number of amidine groups is 1. The molecule has 0 radical (unpaired) electrons. The van der Waals surface area contributed by atoms with Gasteiger partial charge in [0.2, 0.25) is 0 Å². The van der Waals surface area contributed by atoms with Crippen molar-refractivity contribution in [1.29, 1.82) is 0 Å². The molecule has 1 aromatic rings. The van der Waals surface area contributed by atoms with E-state index in [1.54, 1.807) is 0 Å². The van der Waals surface area contributed by atoms with Gasteiger partial charge in [-0.15, -0.1) is 17.0 Å². The van der Waals surface area contributed by atoms with Crippen molar-refractivity contribution in [2.24, 2.45) is 10.7 Å². The molecule has 100 valence electrons. The summed E-state index contributed by atoms with van der Waals surface area (Å²) in [5, 5.41) is 10.3. The van der Waals surface area contributed by atoms with E-state index in [-0.39, 0.29) is 27.9 Å². The lowest BCUT2D eigenvalue weighted by molar-refractivity contribution is -0.137. The van der Waals surface area contributed by atoms with Crippen molar-refractivity contribution in [3.05, 3.63) is 35.4 Å². The van der Waals surface area contributed by atoms with Gasteiger partial charge in [-0.05, 0) is 12.1 Å². The fourth-order valence-corrected chi connectivity index (χ4v) is 2.29. The van der Waals surface area contributed by atoms with Crippen molar-refractivity contribution < 1.29 is 18.3 Å². The monoisotopic (exact) mass is 342 g/mol. The van der Waals surface area contributed by atoms with Crippen molar-refractivity contribution in [1.82, 2.24) is 0 Å². The van der Waals surface area contributed by atoms with Gasteiger partial charge in [-0.2, -0.15) is 13.2 Å². The molecule has 1 aliphatic rings. The molecule has 0 aromatic heterocycles. The first-order chi connectivity index (χ1) is 7.81. The highest BCUT2D eigenvalue weighted by atomic mass is 79.9. The summed E-state index contributed by atoms with van der Waals surface area (Å²) < 4.78 is 37.0. The van der Waals surface area contributed by atoms with Gasteiger partial charge in [-0.1, -0.05) is 23.9 Å². The molecule has 0 saturated carbocycles. The molecule has 1 heterocycles. The Bertz CT molecular complexity index is 463. The Morgan fingerprint density at radius 2 is 1.83 bits per heavy atom. The Kier molecular flexibility index (Phi) is 4.34. The number of aliphatic hydroxyl groups is 1. The Morgan fingerprint density at radius 3 is 2.22 bits per heavy atom. The van der Waals surface area contributed by atoms with Gasteiger partial charge in [0.15, 0.2) is 10.9 Å². The molecule has 1 unspecified atom stereocenters. The van der Waals surface area contributed by atoms with Gasteiger partial charge in [0, 0.05) is 5.56 Å². The first-order valence-corrected chi connectivity index (χ1v) is 5.68. The zero-order chi connectivity index (χ0) is 12.7. The average Bonchev–Trinajstić information content (AvgIpc) is 2.59. The maximum Gasteiger partial charge on any atom is 0.416 e. The Labute approximate surface area is 116 Å². The number of hydrogen-bond donors (Lipinski definition) is 2. The van der Waals surface area contributed by atoms with Gasteiger partial charge in [-0.25, -0.2) is 4.99 Å². The lowest BCUT2D eigenvalue weighted by Gasteiger charge is -2.19. The van der Waals surface area contributed by atoms with E-state index in [0.717, 1.165) is 23.9 Å². The van der Waals surface area contributed by atoms with Crippen LogP contribution in [0.25, 0.3) is 0 Å². The molecule has 0 bridgehead atoms. The zero-order valence-electron chi connectivity index (χ0n) is 8.94. The zero-order valence-corrected chi connectivity index (χ0v) is 11.5. The van der Waals surface area contributed by atoms with Crippen LogP contribution in [0.2, 0.25) is 0 Å². The van der Waals surface area contributed by atoms with Crippen LogP contribution in [0.15, 0.2) is 29.3 Å². The average molecular weight is 343 g/mol. The molecule has 0 aliphatic carbocycles. The van der Waals surface area contributed by atoms with Gasteiger partial charge in [0.05, 0.1) is 11.3 Å². The number of rotatable bonds is 1. The van der Waals surface area contributed by atoms with Crippen LogP contribution in [0.3, 0.4) is 0 Å². The van der Waals surface area contributed by atoms with E-state index in [1.165, 1.54) is 12.1 Å². The van der Waals surface area contributed by atoms with Crippen LogP contribution in [0.1, 0.15) is 11.1 Å². The molecule has 1 atom stereocenters. The summed E-state index contributed by atoms with van der Waals surface area (Å²) in [4.78, 5) is 3.81. The highest BCUT2D eigenvalue weighted by molar-refractivity contribution is 8.93. The predicted molar refractivity (Wildman–Crippen MR) is 69.7 cm³/mol. The topological polar surface area (TPSA) is 58.6 Å². The van der Waals surface area contributed by atoms with E-state index in [0.29, 0.717) is 5.56 Å². The van der Waals surface area contributed by atoms with Crippen LogP contribution in [0.4, 0.5) is 13.2 Å². The van der Waals surface area contributed by atoms with Gasteiger partial charge in [0.25, 0.3) is 0 Å². The number of thioether (sulfide) groups is 1. The standard InChI is InChI=1S/C10H9F3N2OS.BrH/c11-10(12,13)7-3-1-6(2-4-7)9(16)5-17-8(14)15-9;/h1-4,16H,5H2,(H2,14,15);1H. The normalized spacial score (nSPS) is 23.4. The van der Waals surface area contributed by atoms with Crippen molar-refractivity contribution in [2.75, 3.05) is 5.75 Å². The molecule has 1 aliphatic heterocycles. The number of alkyl halides is 3. The molecular formula is C10H10BrF3N2OS. The summed E-state index contributed by atoms with van der Waals surface area (Å²) in [5.74, 6) is 0.212. The van der Waals surface area contributed by atoms with Crippen LogP contribution in [-0.2, 0) is 11.9 Å². The second-order valence-corrected chi connectivity index (χ2v) is 4.63. The predicted octanol–water partition coefficient (Wildman–Crippen LogP) is 2.49. The van der Waals surface area contributed by atoms with Crippen LogP contribution < -0.4 is 5.73 Å². The number of halogens is 4. The molecule has 0 fully saturated rings. The first kappa shape index (κ1) is 15.3. The van der Waals surface area contributed by atoms with E-state index in [9.17, 15) is 18.3 Å². The Morgan fingerprint density at radius 1 is 1.28 bits per heavy atom. The van der Waals surface area contributed by atoms with Crippen molar-refractivity contribution in [3.8, 4) is 0 Å². The number of aliphatic imine (C=N–C) groups is 1. The minimum Gasteiger partial charge on any atom is -0.378 e. The summed E-state index contributed by atoms with van der Waals surface area (Å²) >= 11 is 1.16. The molecule has 3 N–H and O–H groups in total. The van der Waals surface area contributed by atoms with E-state index in [4.69, 9.17) is 5.73 Å². The number of nitrogens with two attached hydrogens (primary N) is 1. The summed E-state index contributed by atoms with van der Waals surface area (Å²) in [6.45, 7) is 0. The maximum atomic E-state index is 12.3. The third kappa shape index (κ3) is 2.99. The smallest absolute Gasteiger partial charge is 0.378 e. The number of hydrogen-bond acceptors (Lipinski definition) is 4. The van der Waals surface area contributed by atoms with Gasteiger partial charge in [0.1, 0.15) is 0 Å². The van der Waals surface area contributed by atoms with Crippen LogP contribution >= 0.6 is 28.7 Å². The van der Waals surface area contributed by atoms with E-state index in [2.05, 4.69) is 4.99 Å². The SMILES string of the molecule is Br.NC1=NC(O)(c2ccc(C(F)(F)F)cc2)CS1. The van der Waals surface area contributed by atoms with Gasteiger partial charge in [-0.3, -0.25) is 0 Å². The summed E-state index contributed by atoms with van der Waals surface area (Å²) in [6, 6.07) is 4.26. The van der Waals surface area contributed by atoms with Crippen molar-refractivity contribution >= 4 is 33.9 Å². The van der Waals surface area contributed by atoms with E-state index < -0.39 is 17.5 Å². The largest absolute Gasteiger partial charge is 0.416 e. The fourth-order valence-electron chi connectivity index (χ4n) is 1.50. The third-order valence-corrected chi connectivity index (χ3v) is 3.32. The molecule has 0 saturated heterocycles. The minimum atomic E-state index is -4.38. The lowest BCUT2D eigenvalue weighted by atomic mass is 10.0. The molecule has 2 rings (SSSR count). The molecule has 0 amide bonds. The molecule has 18 heavy (non-hydrogen) atoms. The first-order valence-electron chi connectivity index (χ1n) is 4.69. The summed E-state index contributed by atoms with van der Waals surface area (Å²) in [5.41, 5.74) is 3.45. The van der Waals surface area contributed by atoms with Crippen molar-refractivity contribution in [2.45, 2.75) is 11.9 Å². The molecule has 0 spiro atoms. The van der Waals surface area contributed by atoms with E-state index >= 15 is 0 Å². The minimum absolute atomic E-state index is 0. The van der Waals surface area contributed by atoms with Gasteiger partial charge >= 0.3 is 6.18 Å². The van der Waals surface area contributed by atoms with Crippen LogP contribution in [0.5, 0.6) is 0 Å². The summed E-state index contributed by atoms with van der Waals surface area (Å²) in [6.07, 6.45) is -4.38. The highest BCUT2D eigenvalue weighted by Gasteiger charge is 2.36. The molecule has 3 nitrogen and oxygen atoms in total. The third-order valence-electron chi connectivity index (χ3n) is 2.39. The molecular weight excluding hydrogens is 333 g/mol. The second-order valence-electron chi connectivity index (χ2n) is 3.63. The van der Waals surface area contributed by atoms with Gasteiger partial charge < -0.3 is 10.8 Å². The molecule has 1 aromatic carbocycles. The summed E-state index contributed by atoms with van der Waals surface area (Å²) in [7, 11) is 0. The Balaban J connectivity index is 0.00000162. The fraction of sp³-hybridized carbons (Fsp3) is 0.300. The molecule has 8 heteroatoms. The highest BCUT2D eigenvalue weighted by Crippen LogP contribution is 2.35. The Hall–Kier alpha value is -0.730. The maximum absolute atomic E-state index is 12.3. The van der Waals surface area contributed by atoms with E-state index in [1.807, 2.05) is 0 Å². The van der Waals surface area contributed by atoms with Crippen molar-refractivity contribution in [3.63, 3.8) is 0 Å². The lowest BCUT2D eigenvalue weighted by Crippen LogP contribution is -2.23. The number of nitrogens with zero attached hydrogens (tertiary/aromatic N) is 1. The van der Waals surface area contributed by atoms with Crippen LogP contribution in [0, 0.1) is 0 Å².